The summed E-state index contributed by atoms with van der Waals surface area (Å²) in [6.07, 6.45) is 4.88. The van der Waals surface area contributed by atoms with Crippen LogP contribution in [0.5, 0.6) is 11.5 Å². The first-order chi connectivity index (χ1) is 8.62. The van der Waals surface area contributed by atoms with E-state index in [4.69, 9.17) is 15.2 Å². The second-order valence-corrected chi connectivity index (χ2v) is 5.42. The lowest BCUT2D eigenvalue weighted by molar-refractivity contribution is 0.252. The minimum atomic E-state index is -0.0360. The molecule has 0 bridgehead atoms. The van der Waals surface area contributed by atoms with E-state index in [2.05, 4.69) is 6.92 Å². The summed E-state index contributed by atoms with van der Waals surface area (Å²) in [5.41, 5.74) is 7.69. The summed E-state index contributed by atoms with van der Waals surface area (Å²) in [6.45, 7) is 2.27. The largest absolute Gasteiger partial charge is 0.496 e. The normalized spacial score (nSPS) is 19.6. The predicted molar refractivity (Wildman–Crippen MR) is 73.0 cm³/mol. The first kappa shape index (κ1) is 13.2. The molecule has 2 rings (SSSR count). The first-order valence-electron chi connectivity index (χ1n) is 6.59. The highest BCUT2D eigenvalue weighted by Crippen LogP contribution is 2.49. The molecule has 0 aliphatic heterocycles. The number of benzene rings is 1. The molecule has 100 valence electrons. The molecule has 0 spiro atoms. The number of methoxy groups -OCH3 is 2. The average molecular weight is 249 g/mol. The van der Waals surface area contributed by atoms with Crippen LogP contribution in [0.3, 0.4) is 0 Å². The molecule has 1 aromatic rings. The van der Waals surface area contributed by atoms with Crippen molar-refractivity contribution in [3.63, 3.8) is 0 Å². The zero-order chi connectivity index (χ0) is 13.2. The molecule has 0 heterocycles. The zero-order valence-corrected chi connectivity index (χ0v) is 11.5. The molecule has 0 radical (unpaired) electrons. The highest BCUT2D eigenvalue weighted by atomic mass is 16.5. The highest BCUT2D eigenvalue weighted by Gasteiger charge is 2.38. The van der Waals surface area contributed by atoms with Crippen LogP contribution in [-0.4, -0.2) is 14.2 Å². The van der Waals surface area contributed by atoms with Crippen molar-refractivity contribution in [1.29, 1.82) is 0 Å². The summed E-state index contributed by atoms with van der Waals surface area (Å²) in [4.78, 5) is 0. The van der Waals surface area contributed by atoms with Crippen LogP contribution in [0.1, 0.15) is 44.2 Å². The Morgan fingerprint density at radius 2 is 1.61 bits per heavy atom. The molecule has 0 amide bonds. The maximum absolute atomic E-state index is 6.53. The van der Waals surface area contributed by atoms with Gasteiger partial charge in [-0.2, -0.15) is 0 Å². The molecule has 18 heavy (non-hydrogen) atoms. The van der Waals surface area contributed by atoms with Crippen molar-refractivity contribution in [3.8, 4) is 11.5 Å². The summed E-state index contributed by atoms with van der Waals surface area (Å²) in [7, 11) is 3.37. The van der Waals surface area contributed by atoms with Gasteiger partial charge < -0.3 is 15.2 Å². The van der Waals surface area contributed by atoms with Crippen molar-refractivity contribution in [2.75, 3.05) is 14.2 Å². The van der Waals surface area contributed by atoms with E-state index in [1.54, 1.807) is 14.2 Å². The Balaban J connectivity index is 2.42. The third kappa shape index (κ3) is 2.19. The van der Waals surface area contributed by atoms with Gasteiger partial charge in [-0.15, -0.1) is 0 Å². The number of hydrogen-bond acceptors (Lipinski definition) is 3. The fourth-order valence-corrected chi connectivity index (χ4v) is 3.03. The standard InChI is InChI=1S/C15H23NO2/c1-15(9-4-5-10-15)14(16)13-11(17-2)7-6-8-12(13)18-3/h6-8,14H,4-5,9-10,16H2,1-3H3. The van der Waals surface area contributed by atoms with Crippen LogP contribution < -0.4 is 15.2 Å². The Morgan fingerprint density at radius 3 is 2.06 bits per heavy atom. The molecule has 1 fully saturated rings. The van der Waals surface area contributed by atoms with E-state index in [0.717, 1.165) is 17.1 Å². The van der Waals surface area contributed by atoms with Gasteiger partial charge in [0.1, 0.15) is 11.5 Å². The molecule has 0 saturated heterocycles. The smallest absolute Gasteiger partial charge is 0.127 e. The Labute approximate surface area is 109 Å². The van der Waals surface area contributed by atoms with E-state index >= 15 is 0 Å². The predicted octanol–water partition coefficient (Wildman–Crippen LogP) is 3.28. The fraction of sp³-hybridized carbons (Fsp3) is 0.600. The second kappa shape index (κ2) is 5.19. The molecule has 3 nitrogen and oxygen atoms in total. The SMILES string of the molecule is COc1cccc(OC)c1C(N)C1(C)CCCC1. The summed E-state index contributed by atoms with van der Waals surface area (Å²) in [5.74, 6) is 1.66. The molecule has 1 aliphatic carbocycles. The van der Waals surface area contributed by atoms with Gasteiger partial charge in [0.25, 0.3) is 0 Å². The molecule has 0 aromatic heterocycles. The van der Waals surface area contributed by atoms with Crippen LogP contribution in [0.15, 0.2) is 18.2 Å². The van der Waals surface area contributed by atoms with Gasteiger partial charge in [-0.05, 0) is 30.4 Å². The van der Waals surface area contributed by atoms with Crippen molar-refractivity contribution in [2.45, 2.75) is 38.6 Å². The van der Waals surface area contributed by atoms with E-state index in [0.29, 0.717) is 0 Å². The lowest BCUT2D eigenvalue weighted by Crippen LogP contribution is -2.30. The van der Waals surface area contributed by atoms with Crippen LogP contribution in [0.2, 0.25) is 0 Å². The van der Waals surface area contributed by atoms with Gasteiger partial charge in [-0.1, -0.05) is 25.8 Å². The van der Waals surface area contributed by atoms with Gasteiger partial charge in [-0.25, -0.2) is 0 Å². The van der Waals surface area contributed by atoms with Gasteiger partial charge in [0.2, 0.25) is 0 Å². The van der Waals surface area contributed by atoms with Gasteiger partial charge in [0, 0.05) is 6.04 Å². The minimum Gasteiger partial charge on any atom is -0.496 e. The molecular weight excluding hydrogens is 226 g/mol. The van der Waals surface area contributed by atoms with Crippen molar-refractivity contribution in [1.82, 2.24) is 0 Å². The van der Waals surface area contributed by atoms with E-state index in [9.17, 15) is 0 Å². The molecule has 1 aliphatic rings. The van der Waals surface area contributed by atoms with Crippen molar-refractivity contribution < 1.29 is 9.47 Å². The third-order valence-electron chi connectivity index (χ3n) is 4.27. The highest BCUT2D eigenvalue weighted by molar-refractivity contribution is 5.47. The lowest BCUT2D eigenvalue weighted by Gasteiger charge is -2.33. The van der Waals surface area contributed by atoms with Gasteiger partial charge in [0.05, 0.1) is 19.8 Å². The molecule has 1 unspecified atom stereocenters. The molecule has 1 aromatic carbocycles. The Kier molecular flexibility index (Phi) is 3.81. The number of rotatable bonds is 4. The van der Waals surface area contributed by atoms with Crippen LogP contribution in [0.25, 0.3) is 0 Å². The molecule has 2 N–H and O–H groups in total. The molecule has 1 saturated carbocycles. The summed E-state index contributed by atoms with van der Waals surface area (Å²) >= 11 is 0. The van der Waals surface area contributed by atoms with Crippen LogP contribution in [-0.2, 0) is 0 Å². The number of nitrogens with two attached hydrogens (primary N) is 1. The van der Waals surface area contributed by atoms with E-state index in [-0.39, 0.29) is 11.5 Å². The molecule has 3 heteroatoms. The zero-order valence-electron chi connectivity index (χ0n) is 11.5. The van der Waals surface area contributed by atoms with E-state index < -0.39 is 0 Å². The van der Waals surface area contributed by atoms with Gasteiger partial charge in [-0.3, -0.25) is 0 Å². The summed E-state index contributed by atoms with van der Waals surface area (Å²) < 4.78 is 10.9. The quantitative estimate of drug-likeness (QED) is 0.890. The number of ether oxygens (including phenoxy) is 2. The lowest BCUT2D eigenvalue weighted by atomic mass is 9.77. The maximum atomic E-state index is 6.53. The number of hydrogen-bond donors (Lipinski definition) is 1. The Morgan fingerprint density at radius 1 is 1.11 bits per heavy atom. The minimum absolute atomic E-state index is 0.0360. The van der Waals surface area contributed by atoms with Crippen molar-refractivity contribution >= 4 is 0 Å². The second-order valence-electron chi connectivity index (χ2n) is 5.42. The van der Waals surface area contributed by atoms with Crippen LogP contribution >= 0.6 is 0 Å². The Hall–Kier alpha value is -1.22. The maximum Gasteiger partial charge on any atom is 0.127 e. The van der Waals surface area contributed by atoms with Crippen molar-refractivity contribution in [2.24, 2.45) is 11.1 Å². The average Bonchev–Trinajstić information content (AvgIpc) is 2.85. The summed E-state index contributed by atoms with van der Waals surface area (Å²) in [6, 6.07) is 5.81. The third-order valence-corrected chi connectivity index (χ3v) is 4.27. The van der Waals surface area contributed by atoms with Crippen LogP contribution in [0.4, 0.5) is 0 Å². The van der Waals surface area contributed by atoms with Crippen LogP contribution in [0, 0.1) is 5.41 Å². The summed E-state index contributed by atoms with van der Waals surface area (Å²) in [5, 5.41) is 0. The van der Waals surface area contributed by atoms with Gasteiger partial charge >= 0.3 is 0 Å². The fourth-order valence-electron chi connectivity index (χ4n) is 3.03. The van der Waals surface area contributed by atoms with E-state index in [1.165, 1.54) is 25.7 Å². The topological polar surface area (TPSA) is 44.5 Å². The Bertz CT molecular complexity index is 389. The van der Waals surface area contributed by atoms with Gasteiger partial charge in [0.15, 0.2) is 0 Å². The molecule has 1 atom stereocenters. The first-order valence-corrected chi connectivity index (χ1v) is 6.59. The van der Waals surface area contributed by atoms with E-state index in [1.807, 2.05) is 18.2 Å². The van der Waals surface area contributed by atoms with Crippen molar-refractivity contribution in [3.05, 3.63) is 23.8 Å². The molecular formula is C15H23NO2. The monoisotopic (exact) mass is 249 g/mol.